The zero-order valence-electron chi connectivity index (χ0n) is 12.6. The fraction of sp³-hybridized carbons (Fsp3) is 0.118. The van der Waals surface area contributed by atoms with Crippen LogP contribution in [0.1, 0.15) is 27.6 Å². The van der Waals surface area contributed by atoms with Crippen LogP contribution in [0.2, 0.25) is 5.02 Å². The number of nitrogens with one attached hydrogen (secondary N) is 1. The van der Waals surface area contributed by atoms with Crippen molar-refractivity contribution in [2.24, 2.45) is 0 Å². The molecule has 0 fully saturated rings. The number of ketones is 1. The van der Waals surface area contributed by atoms with Gasteiger partial charge >= 0.3 is 5.97 Å². The fourth-order valence-corrected chi connectivity index (χ4v) is 2.15. The summed E-state index contributed by atoms with van der Waals surface area (Å²) in [6.45, 7) is 0.786. The van der Waals surface area contributed by atoms with E-state index in [0.717, 1.165) is 6.07 Å². The first-order chi connectivity index (χ1) is 11.4. The number of ether oxygens (including phenoxy) is 1. The zero-order chi connectivity index (χ0) is 17.7. The molecule has 0 saturated carbocycles. The summed E-state index contributed by atoms with van der Waals surface area (Å²) in [6, 6.07) is 10.1. The summed E-state index contributed by atoms with van der Waals surface area (Å²) in [7, 11) is 0. The van der Waals surface area contributed by atoms with Crippen LogP contribution in [0.4, 0.5) is 10.1 Å². The number of Topliss-reactive ketones (excluding diaryl/α,β-unsaturated/α-hetero) is 1. The Bertz CT molecular complexity index is 787. The van der Waals surface area contributed by atoms with E-state index in [1.807, 2.05) is 0 Å². The maximum absolute atomic E-state index is 13.6. The van der Waals surface area contributed by atoms with Crippen LogP contribution in [0.3, 0.4) is 0 Å². The summed E-state index contributed by atoms with van der Waals surface area (Å²) >= 11 is 5.74. The van der Waals surface area contributed by atoms with Crippen molar-refractivity contribution in [1.82, 2.24) is 0 Å². The SMILES string of the molecule is CC(=O)c1cccc(NC(=O)COC(=O)c2c(F)cccc2Cl)c1. The highest BCUT2D eigenvalue weighted by atomic mass is 35.5. The van der Waals surface area contributed by atoms with E-state index in [4.69, 9.17) is 16.3 Å². The molecule has 0 saturated heterocycles. The number of hydrogen-bond acceptors (Lipinski definition) is 4. The molecule has 2 rings (SSSR count). The maximum atomic E-state index is 13.6. The van der Waals surface area contributed by atoms with Crippen molar-refractivity contribution in [1.29, 1.82) is 0 Å². The van der Waals surface area contributed by atoms with Crippen molar-refractivity contribution in [3.63, 3.8) is 0 Å². The molecule has 1 N–H and O–H groups in total. The van der Waals surface area contributed by atoms with E-state index in [1.165, 1.54) is 25.1 Å². The van der Waals surface area contributed by atoms with Crippen LogP contribution < -0.4 is 5.32 Å². The predicted octanol–water partition coefficient (Wildman–Crippen LogP) is 3.48. The van der Waals surface area contributed by atoms with Crippen LogP contribution in [-0.2, 0) is 9.53 Å². The molecule has 0 heterocycles. The number of rotatable bonds is 5. The van der Waals surface area contributed by atoms with Crippen LogP contribution >= 0.6 is 11.6 Å². The minimum Gasteiger partial charge on any atom is -0.452 e. The van der Waals surface area contributed by atoms with Crippen LogP contribution in [0.15, 0.2) is 42.5 Å². The van der Waals surface area contributed by atoms with Gasteiger partial charge in [0.15, 0.2) is 12.4 Å². The van der Waals surface area contributed by atoms with Crippen molar-refractivity contribution >= 4 is 34.9 Å². The molecule has 5 nitrogen and oxygen atoms in total. The Kier molecular flexibility index (Phi) is 5.65. The third-order valence-corrected chi connectivity index (χ3v) is 3.37. The number of carbonyl (C=O) groups excluding carboxylic acids is 3. The van der Waals surface area contributed by atoms with E-state index in [2.05, 4.69) is 5.32 Å². The maximum Gasteiger partial charge on any atom is 0.343 e. The Morgan fingerprint density at radius 1 is 1.17 bits per heavy atom. The molecule has 0 aliphatic heterocycles. The van der Waals surface area contributed by atoms with Gasteiger partial charge in [-0.05, 0) is 31.2 Å². The van der Waals surface area contributed by atoms with Crippen LogP contribution in [0, 0.1) is 5.82 Å². The predicted molar refractivity (Wildman–Crippen MR) is 86.8 cm³/mol. The highest BCUT2D eigenvalue weighted by Crippen LogP contribution is 2.19. The summed E-state index contributed by atoms with van der Waals surface area (Å²) in [5.41, 5.74) is 0.390. The van der Waals surface area contributed by atoms with E-state index < -0.39 is 29.9 Å². The molecule has 24 heavy (non-hydrogen) atoms. The van der Waals surface area contributed by atoms with Crippen molar-refractivity contribution in [2.45, 2.75) is 6.92 Å². The van der Waals surface area contributed by atoms with E-state index in [1.54, 1.807) is 18.2 Å². The van der Waals surface area contributed by atoms with E-state index in [0.29, 0.717) is 11.3 Å². The quantitative estimate of drug-likeness (QED) is 0.662. The molecule has 0 radical (unpaired) electrons. The van der Waals surface area contributed by atoms with Crippen molar-refractivity contribution < 1.29 is 23.5 Å². The second-order valence-electron chi connectivity index (χ2n) is 4.86. The van der Waals surface area contributed by atoms with Gasteiger partial charge in [-0.1, -0.05) is 29.8 Å². The fourth-order valence-electron chi connectivity index (χ4n) is 1.91. The summed E-state index contributed by atoms with van der Waals surface area (Å²) in [4.78, 5) is 34.9. The minimum atomic E-state index is -1.04. The van der Waals surface area contributed by atoms with Crippen molar-refractivity contribution in [2.75, 3.05) is 11.9 Å². The summed E-state index contributed by atoms with van der Waals surface area (Å²) < 4.78 is 18.3. The summed E-state index contributed by atoms with van der Waals surface area (Å²) in [5.74, 6) is -2.64. The van der Waals surface area contributed by atoms with Gasteiger partial charge < -0.3 is 10.1 Å². The Morgan fingerprint density at radius 3 is 2.54 bits per heavy atom. The Morgan fingerprint density at radius 2 is 1.88 bits per heavy atom. The van der Waals surface area contributed by atoms with Crippen LogP contribution in [0.25, 0.3) is 0 Å². The van der Waals surface area contributed by atoms with Gasteiger partial charge in [-0.25, -0.2) is 9.18 Å². The Hall–Kier alpha value is -2.73. The molecule has 7 heteroatoms. The third kappa shape index (κ3) is 4.39. The number of hydrogen-bond donors (Lipinski definition) is 1. The van der Waals surface area contributed by atoms with Gasteiger partial charge in [0.2, 0.25) is 0 Å². The lowest BCUT2D eigenvalue weighted by molar-refractivity contribution is -0.119. The first-order valence-corrected chi connectivity index (χ1v) is 7.28. The smallest absolute Gasteiger partial charge is 0.343 e. The lowest BCUT2D eigenvalue weighted by Crippen LogP contribution is -2.21. The Labute approximate surface area is 142 Å². The molecule has 2 aromatic carbocycles. The monoisotopic (exact) mass is 349 g/mol. The number of amides is 1. The van der Waals surface area contributed by atoms with Gasteiger partial charge in [0.1, 0.15) is 11.4 Å². The minimum absolute atomic E-state index is 0.102. The molecular weight excluding hydrogens is 337 g/mol. The number of halogens is 2. The molecule has 0 unspecified atom stereocenters. The highest BCUT2D eigenvalue weighted by molar-refractivity contribution is 6.33. The second kappa shape index (κ2) is 7.70. The van der Waals surface area contributed by atoms with Gasteiger partial charge in [0.05, 0.1) is 5.02 Å². The van der Waals surface area contributed by atoms with Crippen LogP contribution in [0.5, 0.6) is 0 Å². The zero-order valence-corrected chi connectivity index (χ0v) is 13.4. The van der Waals surface area contributed by atoms with Gasteiger partial charge in [0.25, 0.3) is 5.91 Å². The molecule has 2 aromatic rings. The first kappa shape index (κ1) is 17.6. The molecule has 0 aliphatic rings. The van der Waals surface area contributed by atoms with Gasteiger partial charge in [-0.3, -0.25) is 9.59 Å². The number of carbonyl (C=O) groups is 3. The summed E-state index contributed by atoms with van der Waals surface area (Å²) in [5, 5.41) is 2.38. The van der Waals surface area contributed by atoms with Crippen molar-refractivity contribution in [3.8, 4) is 0 Å². The standard InChI is InChI=1S/C17H13ClFNO4/c1-10(21)11-4-2-5-12(8-11)20-15(22)9-24-17(23)16-13(18)6-3-7-14(16)19/h2-8H,9H2,1H3,(H,20,22). The second-order valence-corrected chi connectivity index (χ2v) is 5.27. The third-order valence-electron chi connectivity index (χ3n) is 3.05. The topological polar surface area (TPSA) is 72.5 Å². The number of benzene rings is 2. The lowest BCUT2D eigenvalue weighted by atomic mass is 10.1. The number of esters is 1. The highest BCUT2D eigenvalue weighted by Gasteiger charge is 2.18. The molecule has 1 amide bonds. The molecule has 0 spiro atoms. The van der Waals surface area contributed by atoms with E-state index >= 15 is 0 Å². The average molecular weight is 350 g/mol. The molecule has 0 atom stereocenters. The normalized spacial score (nSPS) is 10.1. The van der Waals surface area contributed by atoms with Gasteiger partial charge in [-0.15, -0.1) is 0 Å². The molecule has 124 valence electrons. The lowest BCUT2D eigenvalue weighted by Gasteiger charge is -2.08. The molecule has 0 bridgehead atoms. The Balaban J connectivity index is 1.97. The van der Waals surface area contributed by atoms with Crippen molar-refractivity contribution in [3.05, 3.63) is 64.4 Å². The first-order valence-electron chi connectivity index (χ1n) is 6.90. The largest absolute Gasteiger partial charge is 0.452 e. The molecule has 0 aliphatic carbocycles. The van der Waals surface area contributed by atoms with E-state index in [-0.39, 0.29) is 10.8 Å². The summed E-state index contributed by atoms with van der Waals surface area (Å²) in [6.07, 6.45) is 0. The van der Waals surface area contributed by atoms with Crippen LogP contribution in [-0.4, -0.2) is 24.3 Å². The van der Waals surface area contributed by atoms with Gasteiger partial charge in [0, 0.05) is 11.3 Å². The number of anilines is 1. The van der Waals surface area contributed by atoms with E-state index in [9.17, 15) is 18.8 Å². The molecular formula is C17H13ClFNO4. The van der Waals surface area contributed by atoms with Gasteiger partial charge in [-0.2, -0.15) is 0 Å². The average Bonchev–Trinajstić information content (AvgIpc) is 2.53. The molecule has 0 aromatic heterocycles.